The fourth-order valence-electron chi connectivity index (χ4n) is 3.72. The van der Waals surface area contributed by atoms with E-state index in [1.54, 1.807) is 13.0 Å². The van der Waals surface area contributed by atoms with Crippen LogP contribution in [0.5, 0.6) is 17.2 Å². The Morgan fingerprint density at radius 2 is 1.62 bits per heavy atom. The van der Waals surface area contributed by atoms with Gasteiger partial charge < -0.3 is 24.1 Å². The third-order valence-electron chi connectivity index (χ3n) is 5.79. The van der Waals surface area contributed by atoms with Gasteiger partial charge in [0.15, 0.2) is 23.1 Å². The van der Waals surface area contributed by atoms with Gasteiger partial charge >= 0.3 is 5.97 Å². The van der Waals surface area contributed by atoms with E-state index < -0.39 is 11.8 Å². The number of halogens is 1. The second-order valence-corrected chi connectivity index (χ2v) is 8.69. The van der Waals surface area contributed by atoms with Crippen molar-refractivity contribution in [2.45, 2.75) is 72.6 Å². The summed E-state index contributed by atoms with van der Waals surface area (Å²) in [5.41, 5.74) is 2.29. The van der Waals surface area contributed by atoms with E-state index in [1.807, 2.05) is 25.1 Å². The van der Waals surface area contributed by atoms with E-state index in [0.29, 0.717) is 36.7 Å². The van der Waals surface area contributed by atoms with Gasteiger partial charge in [-0.15, -0.1) is 0 Å². The number of aliphatic carboxylic acids is 1. The largest absolute Gasteiger partial charge is 0.491 e. The SMILES string of the molecule is CCCCCOc1ccc(CCOc2c(/C=C(\OCC)C(=O)O)ccc(CC)c2OCCCC)cc1F. The zero-order chi connectivity index (χ0) is 27.0. The molecule has 2 rings (SSSR count). The molecule has 0 amide bonds. The highest BCUT2D eigenvalue weighted by atomic mass is 19.1. The Bertz CT molecular complexity index is 1020. The Hall–Kier alpha value is -3.22. The van der Waals surface area contributed by atoms with Crippen LogP contribution in [0.3, 0.4) is 0 Å². The molecule has 0 aromatic heterocycles. The van der Waals surface area contributed by atoms with Crippen LogP contribution < -0.4 is 14.2 Å². The quantitative estimate of drug-likeness (QED) is 0.128. The van der Waals surface area contributed by atoms with Gasteiger partial charge in [0.2, 0.25) is 5.76 Å². The minimum absolute atomic E-state index is 0.173. The lowest BCUT2D eigenvalue weighted by molar-refractivity contribution is -0.136. The van der Waals surface area contributed by atoms with Gasteiger partial charge in [-0.1, -0.05) is 58.2 Å². The molecule has 0 heterocycles. The molecule has 7 heteroatoms. The van der Waals surface area contributed by atoms with E-state index in [-0.39, 0.29) is 24.7 Å². The zero-order valence-corrected chi connectivity index (χ0v) is 22.6. The smallest absolute Gasteiger partial charge is 0.371 e. The van der Waals surface area contributed by atoms with Crippen LogP contribution in [0, 0.1) is 5.82 Å². The third-order valence-corrected chi connectivity index (χ3v) is 5.79. The predicted molar refractivity (Wildman–Crippen MR) is 144 cm³/mol. The van der Waals surface area contributed by atoms with E-state index in [1.165, 1.54) is 12.1 Å². The monoisotopic (exact) mass is 516 g/mol. The van der Waals surface area contributed by atoms with Crippen LogP contribution in [0.15, 0.2) is 36.1 Å². The summed E-state index contributed by atoms with van der Waals surface area (Å²) in [4.78, 5) is 11.7. The van der Waals surface area contributed by atoms with Crippen LogP contribution in [-0.4, -0.2) is 37.5 Å². The number of unbranched alkanes of at least 4 members (excludes halogenated alkanes) is 3. The zero-order valence-electron chi connectivity index (χ0n) is 22.6. The van der Waals surface area contributed by atoms with Crippen LogP contribution in [-0.2, 0) is 22.4 Å². The Morgan fingerprint density at radius 1 is 0.892 bits per heavy atom. The van der Waals surface area contributed by atoms with Gasteiger partial charge in [-0.2, -0.15) is 0 Å². The Labute approximate surface area is 220 Å². The first kappa shape index (κ1) is 30.0. The molecular weight excluding hydrogens is 475 g/mol. The average molecular weight is 517 g/mol. The van der Waals surface area contributed by atoms with Gasteiger partial charge in [0, 0.05) is 12.0 Å². The normalized spacial score (nSPS) is 11.3. The van der Waals surface area contributed by atoms with Crippen LogP contribution in [0.2, 0.25) is 0 Å². The van der Waals surface area contributed by atoms with Crippen molar-refractivity contribution in [3.63, 3.8) is 0 Å². The lowest BCUT2D eigenvalue weighted by Gasteiger charge is -2.19. The van der Waals surface area contributed by atoms with E-state index >= 15 is 0 Å². The van der Waals surface area contributed by atoms with Gasteiger partial charge in [0.1, 0.15) is 0 Å². The molecule has 37 heavy (non-hydrogen) atoms. The summed E-state index contributed by atoms with van der Waals surface area (Å²) in [5.74, 6) is -0.399. The molecule has 2 aromatic rings. The van der Waals surface area contributed by atoms with E-state index in [4.69, 9.17) is 18.9 Å². The average Bonchev–Trinajstić information content (AvgIpc) is 2.88. The molecule has 204 valence electrons. The predicted octanol–water partition coefficient (Wildman–Crippen LogP) is 7.22. The first-order valence-electron chi connectivity index (χ1n) is 13.3. The van der Waals surface area contributed by atoms with Crippen molar-refractivity contribution in [2.75, 3.05) is 26.4 Å². The van der Waals surface area contributed by atoms with Crippen molar-refractivity contribution in [2.24, 2.45) is 0 Å². The number of benzene rings is 2. The molecule has 0 unspecified atom stereocenters. The molecule has 0 atom stereocenters. The van der Waals surface area contributed by atoms with E-state index in [0.717, 1.165) is 49.7 Å². The van der Waals surface area contributed by atoms with Crippen molar-refractivity contribution in [3.8, 4) is 17.2 Å². The topological polar surface area (TPSA) is 74.2 Å². The summed E-state index contributed by atoms with van der Waals surface area (Å²) < 4.78 is 37.7. The Morgan fingerprint density at radius 3 is 2.27 bits per heavy atom. The van der Waals surface area contributed by atoms with Gasteiger partial charge in [-0.3, -0.25) is 0 Å². The molecule has 0 spiro atoms. The number of aryl methyl sites for hydroxylation is 1. The second-order valence-electron chi connectivity index (χ2n) is 8.69. The molecular formula is C30H41FO6. The maximum absolute atomic E-state index is 14.5. The highest BCUT2D eigenvalue weighted by Crippen LogP contribution is 2.37. The van der Waals surface area contributed by atoms with E-state index in [2.05, 4.69) is 13.8 Å². The molecule has 0 saturated heterocycles. The van der Waals surface area contributed by atoms with Crippen molar-refractivity contribution < 1.29 is 33.2 Å². The Kier molecular flexibility index (Phi) is 13.4. The van der Waals surface area contributed by atoms with Crippen LogP contribution in [0.4, 0.5) is 4.39 Å². The molecule has 0 aliphatic heterocycles. The summed E-state index contributed by atoms with van der Waals surface area (Å²) >= 11 is 0. The minimum atomic E-state index is -1.16. The fourth-order valence-corrected chi connectivity index (χ4v) is 3.72. The number of carboxylic acids is 1. The number of hydrogen-bond donors (Lipinski definition) is 1. The summed E-state index contributed by atoms with van der Waals surface area (Å²) in [7, 11) is 0. The fraction of sp³-hybridized carbons (Fsp3) is 0.500. The number of rotatable bonds is 18. The number of hydrogen-bond acceptors (Lipinski definition) is 5. The highest BCUT2D eigenvalue weighted by Gasteiger charge is 2.18. The van der Waals surface area contributed by atoms with Crippen molar-refractivity contribution >= 4 is 12.0 Å². The summed E-state index contributed by atoms with van der Waals surface area (Å²) in [6, 6.07) is 8.69. The molecule has 0 radical (unpaired) electrons. The van der Waals surface area contributed by atoms with Crippen molar-refractivity contribution in [1.29, 1.82) is 0 Å². The number of carboxylic acid groups (broad SMARTS) is 1. The van der Waals surface area contributed by atoms with Crippen molar-refractivity contribution in [3.05, 3.63) is 58.6 Å². The van der Waals surface area contributed by atoms with Gasteiger partial charge in [0.05, 0.1) is 26.4 Å². The molecule has 0 saturated carbocycles. The van der Waals surface area contributed by atoms with Crippen LogP contribution in [0.25, 0.3) is 6.08 Å². The minimum Gasteiger partial charge on any atom is -0.491 e. The second kappa shape index (κ2) is 16.5. The molecule has 6 nitrogen and oxygen atoms in total. The lowest BCUT2D eigenvalue weighted by Crippen LogP contribution is -2.09. The number of ether oxygens (including phenoxy) is 4. The highest BCUT2D eigenvalue weighted by molar-refractivity contribution is 5.90. The lowest BCUT2D eigenvalue weighted by atomic mass is 10.1. The maximum Gasteiger partial charge on any atom is 0.371 e. The molecule has 1 N–H and O–H groups in total. The van der Waals surface area contributed by atoms with E-state index in [9.17, 15) is 14.3 Å². The first-order chi connectivity index (χ1) is 17.9. The van der Waals surface area contributed by atoms with Gasteiger partial charge in [0.25, 0.3) is 0 Å². The standard InChI is InChI=1S/C30H41FO6/c1-5-9-11-18-35-26-15-12-22(20-25(26)31)16-19-37-29-24(21-27(30(32)33)34-8-4)14-13-23(7-3)28(29)36-17-10-6-2/h12-15,20-21H,5-11,16-19H2,1-4H3,(H,32,33)/b27-21-. The molecule has 0 fully saturated rings. The maximum atomic E-state index is 14.5. The summed E-state index contributed by atoms with van der Waals surface area (Å²) in [5, 5.41) is 9.54. The summed E-state index contributed by atoms with van der Waals surface area (Å²) in [6.07, 6.45) is 7.53. The van der Waals surface area contributed by atoms with Crippen LogP contribution in [0.1, 0.15) is 76.5 Å². The summed E-state index contributed by atoms with van der Waals surface area (Å²) in [6.45, 7) is 9.46. The molecule has 0 bridgehead atoms. The van der Waals surface area contributed by atoms with Crippen LogP contribution >= 0.6 is 0 Å². The van der Waals surface area contributed by atoms with Gasteiger partial charge in [-0.25, -0.2) is 9.18 Å². The molecule has 0 aliphatic rings. The van der Waals surface area contributed by atoms with Crippen molar-refractivity contribution in [1.82, 2.24) is 0 Å². The first-order valence-corrected chi connectivity index (χ1v) is 13.3. The number of carbonyl (C=O) groups is 1. The molecule has 2 aromatic carbocycles. The third kappa shape index (κ3) is 9.63. The Balaban J connectivity index is 2.26. The molecule has 0 aliphatic carbocycles. The van der Waals surface area contributed by atoms with Gasteiger partial charge in [-0.05, 0) is 55.5 Å².